The number of nitrogens with one attached hydrogen (secondary N) is 1. The molecule has 0 aliphatic carbocycles. The van der Waals surface area contributed by atoms with Gasteiger partial charge in [-0.2, -0.15) is 0 Å². The van der Waals surface area contributed by atoms with E-state index in [1.165, 1.54) is 18.2 Å². The monoisotopic (exact) mass is 604 g/mol. The summed E-state index contributed by atoms with van der Waals surface area (Å²) in [4.78, 5) is 14.0. The summed E-state index contributed by atoms with van der Waals surface area (Å²) in [5, 5.41) is 12.5. The molecule has 0 radical (unpaired) electrons. The fourth-order valence-electron chi connectivity index (χ4n) is 3.87. The Morgan fingerprint density at radius 3 is 2.00 bits per heavy atom. The van der Waals surface area contributed by atoms with Crippen LogP contribution in [0.3, 0.4) is 0 Å². The number of aliphatic hydroxyl groups excluding tert-OH is 1. The maximum atomic E-state index is 14.3. The summed E-state index contributed by atoms with van der Waals surface area (Å²) >= 11 is 11.9. The van der Waals surface area contributed by atoms with Crippen molar-refractivity contribution in [1.82, 2.24) is 10.2 Å². The molecule has 40 heavy (non-hydrogen) atoms. The minimum atomic E-state index is -0.531. The lowest BCUT2D eigenvalue weighted by molar-refractivity contribution is 0.0707. The van der Waals surface area contributed by atoms with Crippen LogP contribution in [-0.4, -0.2) is 55.0 Å². The van der Waals surface area contributed by atoms with Crippen molar-refractivity contribution >= 4 is 29.3 Å². The number of amides is 1. The van der Waals surface area contributed by atoms with Gasteiger partial charge in [-0.3, -0.25) is 0 Å². The quantitative estimate of drug-likeness (QED) is 0.251. The molecule has 1 saturated heterocycles. The van der Waals surface area contributed by atoms with E-state index < -0.39 is 24.3 Å². The molecule has 0 bridgehead atoms. The van der Waals surface area contributed by atoms with Crippen LogP contribution < -0.4 is 14.8 Å². The molecule has 1 heterocycles. The second-order valence-corrected chi connectivity index (χ2v) is 10.1. The Morgan fingerprint density at radius 2 is 1.52 bits per heavy atom. The Hall–Kier alpha value is -2.33. The lowest BCUT2D eigenvalue weighted by Gasteiger charge is -2.34. The average Bonchev–Trinajstić information content (AvgIpc) is 2.93. The molecule has 2 N–H and O–H groups in total. The van der Waals surface area contributed by atoms with E-state index in [2.05, 4.69) is 12.2 Å². The van der Waals surface area contributed by atoms with Crippen molar-refractivity contribution in [2.75, 3.05) is 32.8 Å². The largest absolute Gasteiger partial charge is 0.493 e. The molecular formula is C29H40Cl2F2N2O5. The van der Waals surface area contributed by atoms with Crippen molar-refractivity contribution in [3.05, 3.63) is 57.1 Å². The van der Waals surface area contributed by atoms with Gasteiger partial charge in [0.05, 0.1) is 29.9 Å². The summed E-state index contributed by atoms with van der Waals surface area (Å²) in [5.41, 5.74) is 0.278. The highest BCUT2D eigenvalue weighted by molar-refractivity contribution is 6.31. The molecule has 0 aromatic heterocycles. The average molecular weight is 606 g/mol. The molecule has 1 amide bonds. The maximum Gasteiger partial charge on any atom is 0.410 e. The standard InChI is InChI=1S/C18H26ClFN2O3.C11H14ClFO2/c1-3-5-8-24-14-9-16(19)15(17(20)10-14)12-25-18(23)22-7-6-21-11-13(22)4-2;1-2-3-4-15-8-5-10(12)9(7-14)11(13)6-8/h9-10,13,21H,3-8,11-12H2,1-2H3;5-6,14H,2-4,7H2,1H3/t13-;/m1./s1. The van der Waals surface area contributed by atoms with Crippen LogP contribution in [0.5, 0.6) is 11.5 Å². The SMILES string of the molecule is CCCCOc1cc(F)c(CO)c(Cl)c1.CCCCOc1cc(F)c(COC(=O)N2CCNC[C@H]2CC)c(Cl)c1. The molecule has 224 valence electrons. The minimum Gasteiger partial charge on any atom is -0.493 e. The number of ether oxygens (including phenoxy) is 3. The number of unbranched alkanes of at least 4 members (excludes halogenated alkanes) is 2. The number of rotatable bonds is 12. The summed E-state index contributed by atoms with van der Waals surface area (Å²) in [6.45, 7) is 8.63. The van der Waals surface area contributed by atoms with Crippen LogP contribution >= 0.6 is 23.2 Å². The zero-order valence-electron chi connectivity index (χ0n) is 23.4. The van der Waals surface area contributed by atoms with E-state index in [0.29, 0.717) is 31.3 Å². The highest BCUT2D eigenvalue weighted by Crippen LogP contribution is 2.28. The van der Waals surface area contributed by atoms with Crippen molar-refractivity contribution in [2.45, 2.75) is 72.1 Å². The summed E-state index contributed by atoms with van der Waals surface area (Å²) < 4.78 is 43.6. The lowest BCUT2D eigenvalue weighted by atomic mass is 10.1. The third-order valence-electron chi connectivity index (χ3n) is 6.32. The molecule has 0 spiro atoms. The van der Waals surface area contributed by atoms with Crippen molar-refractivity contribution in [3.8, 4) is 11.5 Å². The minimum absolute atomic E-state index is 0.0934. The molecule has 2 aromatic rings. The second kappa shape index (κ2) is 18.2. The third-order valence-corrected chi connectivity index (χ3v) is 6.99. The topological polar surface area (TPSA) is 80.3 Å². The van der Waals surface area contributed by atoms with E-state index in [1.807, 2.05) is 13.8 Å². The van der Waals surface area contributed by atoms with Crippen LogP contribution in [-0.2, 0) is 18.0 Å². The van der Waals surface area contributed by atoms with Gasteiger partial charge in [0, 0.05) is 48.9 Å². The van der Waals surface area contributed by atoms with Gasteiger partial charge in [0.15, 0.2) is 0 Å². The van der Waals surface area contributed by atoms with E-state index in [-0.39, 0.29) is 33.8 Å². The smallest absolute Gasteiger partial charge is 0.410 e. The number of aliphatic hydroxyl groups is 1. The predicted octanol–water partition coefficient (Wildman–Crippen LogP) is 7.13. The van der Waals surface area contributed by atoms with Gasteiger partial charge in [-0.05, 0) is 31.4 Å². The zero-order chi connectivity index (χ0) is 29.5. The third kappa shape index (κ3) is 10.6. The van der Waals surface area contributed by atoms with Gasteiger partial charge in [-0.25, -0.2) is 13.6 Å². The van der Waals surface area contributed by atoms with Crippen LogP contribution in [0.4, 0.5) is 13.6 Å². The molecule has 0 saturated carbocycles. The Balaban J connectivity index is 0.000000319. The number of benzene rings is 2. The van der Waals surface area contributed by atoms with Gasteiger partial charge in [0.2, 0.25) is 0 Å². The van der Waals surface area contributed by atoms with E-state index in [9.17, 15) is 13.6 Å². The molecule has 1 atom stereocenters. The number of hydrogen-bond acceptors (Lipinski definition) is 6. The van der Waals surface area contributed by atoms with Crippen LogP contribution in [0.1, 0.15) is 64.0 Å². The first kappa shape index (κ1) is 33.9. The maximum absolute atomic E-state index is 14.3. The van der Waals surface area contributed by atoms with Gasteiger partial charge in [-0.1, -0.05) is 56.8 Å². The number of hydrogen-bond donors (Lipinski definition) is 2. The second-order valence-electron chi connectivity index (χ2n) is 9.31. The molecule has 2 aromatic carbocycles. The molecule has 7 nitrogen and oxygen atoms in total. The molecule has 3 rings (SSSR count). The van der Waals surface area contributed by atoms with Crippen molar-refractivity contribution in [2.24, 2.45) is 0 Å². The van der Waals surface area contributed by atoms with Crippen LogP contribution in [0, 0.1) is 11.6 Å². The normalized spacial score (nSPS) is 14.8. The van der Waals surface area contributed by atoms with Gasteiger partial charge in [0.1, 0.15) is 29.7 Å². The Bertz CT molecular complexity index is 1030. The highest BCUT2D eigenvalue weighted by Gasteiger charge is 2.26. The Kier molecular flexibility index (Phi) is 15.4. The summed E-state index contributed by atoms with van der Waals surface area (Å²) in [5.74, 6) is -0.266. The summed E-state index contributed by atoms with van der Waals surface area (Å²) in [6, 6.07) is 5.70. The van der Waals surface area contributed by atoms with Gasteiger partial charge in [0.25, 0.3) is 0 Å². The fourth-order valence-corrected chi connectivity index (χ4v) is 4.38. The molecule has 1 fully saturated rings. The number of halogens is 4. The van der Waals surface area contributed by atoms with Crippen LogP contribution in [0.15, 0.2) is 24.3 Å². The Labute approximate surface area is 245 Å². The van der Waals surface area contributed by atoms with Crippen LogP contribution in [0.25, 0.3) is 0 Å². The van der Waals surface area contributed by atoms with Gasteiger partial charge < -0.3 is 29.5 Å². The molecule has 11 heteroatoms. The van der Waals surface area contributed by atoms with Gasteiger partial charge in [-0.15, -0.1) is 0 Å². The van der Waals surface area contributed by atoms with Crippen molar-refractivity contribution < 1.29 is 32.9 Å². The van der Waals surface area contributed by atoms with E-state index >= 15 is 0 Å². The molecule has 1 aliphatic rings. The number of carbonyl (C=O) groups is 1. The lowest BCUT2D eigenvalue weighted by Crippen LogP contribution is -2.53. The number of piperazine rings is 1. The molecule has 0 unspecified atom stereocenters. The van der Waals surface area contributed by atoms with Crippen molar-refractivity contribution in [1.29, 1.82) is 0 Å². The van der Waals surface area contributed by atoms with E-state index in [0.717, 1.165) is 45.2 Å². The molecular weight excluding hydrogens is 565 g/mol. The first-order valence-electron chi connectivity index (χ1n) is 13.7. The Morgan fingerprint density at radius 1 is 0.975 bits per heavy atom. The summed E-state index contributed by atoms with van der Waals surface area (Å²) in [6.07, 6.45) is 4.22. The highest BCUT2D eigenvalue weighted by atomic mass is 35.5. The fraction of sp³-hybridized carbons (Fsp3) is 0.552. The first-order chi connectivity index (χ1) is 19.2. The van der Waals surface area contributed by atoms with E-state index in [4.69, 9.17) is 42.5 Å². The van der Waals surface area contributed by atoms with Gasteiger partial charge >= 0.3 is 6.09 Å². The van der Waals surface area contributed by atoms with Crippen LogP contribution in [0.2, 0.25) is 10.0 Å². The zero-order valence-corrected chi connectivity index (χ0v) is 24.9. The summed E-state index contributed by atoms with van der Waals surface area (Å²) in [7, 11) is 0. The predicted molar refractivity (Wildman–Crippen MR) is 153 cm³/mol. The number of nitrogens with zero attached hydrogens (tertiary/aromatic N) is 1. The number of carbonyl (C=O) groups excluding carboxylic acids is 1. The van der Waals surface area contributed by atoms with E-state index in [1.54, 1.807) is 11.0 Å². The van der Waals surface area contributed by atoms with Crippen molar-refractivity contribution in [3.63, 3.8) is 0 Å². The molecule has 1 aliphatic heterocycles. The first-order valence-corrected chi connectivity index (χ1v) is 14.5.